The van der Waals surface area contributed by atoms with Gasteiger partial charge in [-0.05, 0) is 37.1 Å². The van der Waals surface area contributed by atoms with Crippen LogP contribution in [0.25, 0.3) is 16.9 Å². The maximum atomic E-state index is 14.4. The highest BCUT2D eigenvalue weighted by Crippen LogP contribution is 2.32. The minimum Gasteiger partial charge on any atom is -0.465 e. The number of amides is 2. The number of carbonyl (C=O) groups is 2. The van der Waals surface area contributed by atoms with Crippen molar-refractivity contribution < 1.29 is 19.4 Å². The first-order valence-electron chi connectivity index (χ1n) is 14.4. The zero-order chi connectivity index (χ0) is 29.1. The lowest BCUT2D eigenvalue weighted by Gasteiger charge is -2.40. The van der Waals surface area contributed by atoms with Gasteiger partial charge >= 0.3 is 6.09 Å². The highest BCUT2D eigenvalue weighted by molar-refractivity contribution is 5.99. The molecule has 1 atom stereocenters. The van der Waals surface area contributed by atoms with Gasteiger partial charge in [-0.2, -0.15) is 0 Å². The molecule has 2 fully saturated rings. The van der Waals surface area contributed by atoms with Gasteiger partial charge in [0.05, 0.1) is 24.9 Å². The monoisotopic (exact) mass is 565 g/mol. The molecule has 0 spiro atoms. The number of hydrogen-bond donors (Lipinski definition) is 1. The average molecular weight is 566 g/mol. The van der Waals surface area contributed by atoms with Gasteiger partial charge in [-0.3, -0.25) is 9.36 Å². The Morgan fingerprint density at radius 1 is 0.881 bits per heavy atom. The van der Waals surface area contributed by atoms with Crippen molar-refractivity contribution in [2.45, 2.75) is 19.4 Å². The molecule has 2 amide bonds. The van der Waals surface area contributed by atoms with E-state index in [-0.39, 0.29) is 25.0 Å². The van der Waals surface area contributed by atoms with Crippen LogP contribution < -0.4 is 4.90 Å². The van der Waals surface area contributed by atoms with Crippen molar-refractivity contribution in [1.29, 1.82) is 0 Å². The molecule has 9 nitrogen and oxygen atoms in total. The van der Waals surface area contributed by atoms with Crippen molar-refractivity contribution >= 4 is 17.7 Å². The first kappa shape index (κ1) is 27.5. The van der Waals surface area contributed by atoms with Crippen molar-refractivity contribution in [2.24, 2.45) is 0 Å². The van der Waals surface area contributed by atoms with E-state index in [9.17, 15) is 14.7 Å². The Bertz CT molecular complexity index is 1550. The molecule has 3 aromatic carbocycles. The lowest BCUT2D eigenvalue weighted by Crippen LogP contribution is -2.57. The molecule has 0 aliphatic carbocycles. The predicted molar refractivity (Wildman–Crippen MR) is 161 cm³/mol. The number of imidazole rings is 1. The molecule has 0 unspecified atom stereocenters. The molecular weight excluding hydrogens is 530 g/mol. The van der Waals surface area contributed by atoms with Crippen LogP contribution in [-0.4, -0.2) is 88.4 Å². The molecular formula is C33H35N5O4. The fourth-order valence-electron chi connectivity index (χ4n) is 6.00. The highest BCUT2D eigenvalue weighted by Gasteiger charge is 2.36. The standard InChI is InChI=1S/C33H35N5O4/c1-24-34-30(32(39)37-16-15-36(33(40)41)23-29(37)21-25-9-4-2-5-10-25)31(26-11-6-3-7-12-26)38(24)28-14-8-13-27(22-28)35-17-19-42-20-18-35/h2-14,22,29H,15-21,23H2,1H3,(H,40,41)/t29-/m1/s1. The molecule has 3 heterocycles. The van der Waals surface area contributed by atoms with Crippen molar-refractivity contribution in [2.75, 3.05) is 50.8 Å². The van der Waals surface area contributed by atoms with Crippen LogP contribution in [0.15, 0.2) is 84.9 Å². The van der Waals surface area contributed by atoms with Crippen LogP contribution in [0, 0.1) is 6.92 Å². The number of aromatic nitrogens is 2. The van der Waals surface area contributed by atoms with Gasteiger partial charge in [-0.15, -0.1) is 0 Å². The van der Waals surface area contributed by atoms with Crippen LogP contribution in [-0.2, 0) is 11.2 Å². The van der Waals surface area contributed by atoms with Crippen molar-refractivity contribution in [1.82, 2.24) is 19.4 Å². The van der Waals surface area contributed by atoms with E-state index in [0.717, 1.165) is 41.3 Å². The van der Waals surface area contributed by atoms with Gasteiger partial charge in [0.15, 0.2) is 5.69 Å². The van der Waals surface area contributed by atoms with Gasteiger partial charge < -0.3 is 24.5 Å². The first-order chi connectivity index (χ1) is 20.5. The lowest BCUT2D eigenvalue weighted by atomic mass is 10.0. The summed E-state index contributed by atoms with van der Waals surface area (Å²) in [5.41, 5.74) is 5.08. The van der Waals surface area contributed by atoms with Gasteiger partial charge in [0, 0.05) is 49.7 Å². The molecule has 42 heavy (non-hydrogen) atoms. The summed E-state index contributed by atoms with van der Waals surface area (Å²) in [5.74, 6) is 0.520. The third-order valence-electron chi connectivity index (χ3n) is 8.09. The highest BCUT2D eigenvalue weighted by atomic mass is 16.5. The molecule has 2 aliphatic rings. The second-order valence-corrected chi connectivity index (χ2v) is 10.7. The topological polar surface area (TPSA) is 91.1 Å². The number of piperazine rings is 1. The van der Waals surface area contributed by atoms with E-state index in [1.54, 1.807) is 0 Å². The third kappa shape index (κ3) is 5.60. The van der Waals surface area contributed by atoms with Crippen LogP contribution in [0.1, 0.15) is 21.9 Å². The summed E-state index contributed by atoms with van der Waals surface area (Å²) in [6, 6.07) is 27.8. The van der Waals surface area contributed by atoms with Crippen LogP contribution in [0.3, 0.4) is 0 Å². The van der Waals surface area contributed by atoms with E-state index in [2.05, 4.69) is 21.6 Å². The molecule has 9 heteroatoms. The molecule has 0 radical (unpaired) electrons. The Morgan fingerprint density at radius 3 is 2.29 bits per heavy atom. The van der Waals surface area contributed by atoms with E-state index in [0.29, 0.717) is 37.7 Å². The molecule has 6 rings (SSSR count). The summed E-state index contributed by atoms with van der Waals surface area (Å²) in [6.07, 6.45) is -0.413. The Kier molecular flexibility index (Phi) is 7.92. The number of carboxylic acid groups (broad SMARTS) is 1. The van der Waals surface area contributed by atoms with Gasteiger partial charge in [0.25, 0.3) is 5.91 Å². The zero-order valence-corrected chi connectivity index (χ0v) is 23.7. The number of carbonyl (C=O) groups excluding carboxylic acids is 1. The van der Waals surface area contributed by atoms with Gasteiger partial charge in [-0.1, -0.05) is 66.7 Å². The average Bonchev–Trinajstić information content (AvgIpc) is 3.39. The summed E-state index contributed by atoms with van der Waals surface area (Å²) in [7, 11) is 0. The fraction of sp³-hybridized carbons (Fsp3) is 0.303. The lowest BCUT2D eigenvalue weighted by molar-refractivity contribution is 0.0447. The van der Waals surface area contributed by atoms with E-state index >= 15 is 0 Å². The molecule has 0 bridgehead atoms. The second-order valence-electron chi connectivity index (χ2n) is 10.7. The van der Waals surface area contributed by atoms with E-state index in [4.69, 9.17) is 9.72 Å². The number of benzene rings is 3. The molecule has 1 aromatic heterocycles. The van der Waals surface area contributed by atoms with Gasteiger partial charge in [0.2, 0.25) is 0 Å². The Morgan fingerprint density at radius 2 is 1.57 bits per heavy atom. The number of rotatable bonds is 6. The molecule has 2 saturated heterocycles. The smallest absolute Gasteiger partial charge is 0.407 e. The van der Waals surface area contributed by atoms with Crippen LogP contribution in [0.5, 0.6) is 0 Å². The SMILES string of the molecule is Cc1nc(C(=O)N2CCN(C(=O)O)C[C@H]2Cc2ccccc2)c(-c2ccccc2)n1-c1cccc(N2CCOCC2)c1. The Hall–Kier alpha value is -4.63. The number of hydrogen-bond acceptors (Lipinski definition) is 5. The molecule has 0 saturated carbocycles. The van der Waals surface area contributed by atoms with Crippen molar-refractivity contribution in [3.05, 3.63) is 102 Å². The molecule has 4 aromatic rings. The summed E-state index contributed by atoms with van der Waals surface area (Å²) < 4.78 is 7.61. The van der Waals surface area contributed by atoms with E-state index in [1.165, 1.54) is 4.90 Å². The van der Waals surface area contributed by atoms with Crippen LogP contribution in [0.4, 0.5) is 10.5 Å². The minimum absolute atomic E-state index is 0.189. The summed E-state index contributed by atoms with van der Waals surface area (Å²) in [5, 5.41) is 9.74. The number of morpholine rings is 1. The van der Waals surface area contributed by atoms with Gasteiger partial charge in [0.1, 0.15) is 5.82 Å². The van der Waals surface area contributed by atoms with E-state index < -0.39 is 6.09 Å². The zero-order valence-electron chi connectivity index (χ0n) is 23.7. The largest absolute Gasteiger partial charge is 0.465 e. The van der Waals surface area contributed by atoms with Crippen molar-refractivity contribution in [3.8, 4) is 16.9 Å². The quantitative estimate of drug-likeness (QED) is 0.364. The number of anilines is 1. The third-order valence-corrected chi connectivity index (χ3v) is 8.09. The van der Waals surface area contributed by atoms with Crippen molar-refractivity contribution in [3.63, 3.8) is 0 Å². The molecule has 1 N–H and O–H groups in total. The van der Waals surface area contributed by atoms with E-state index in [1.807, 2.05) is 84.6 Å². The van der Waals surface area contributed by atoms with Gasteiger partial charge in [-0.25, -0.2) is 9.78 Å². The fourth-order valence-corrected chi connectivity index (χ4v) is 6.00. The van der Waals surface area contributed by atoms with Crippen LogP contribution in [0.2, 0.25) is 0 Å². The molecule has 2 aliphatic heterocycles. The summed E-state index contributed by atoms with van der Waals surface area (Å²) in [6.45, 7) is 5.78. The normalized spacial score (nSPS) is 17.4. The van der Waals surface area contributed by atoms with Crippen LogP contribution >= 0.6 is 0 Å². The number of ether oxygens (including phenoxy) is 1. The number of nitrogens with zero attached hydrogens (tertiary/aromatic N) is 5. The predicted octanol–water partition coefficient (Wildman–Crippen LogP) is 4.73. The first-order valence-corrected chi connectivity index (χ1v) is 14.4. The Balaban J connectivity index is 1.41. The minimum atomic E-state index is -0.967. The Labute approximate surface area is 245 Å². The maximum absolute atomic E-state index is 14.4. The summed E-state index contributed by atoms with van der Waals surface area (Å²) in [4.78, 5) is 36.7. The summed E-state index contributed by atoms with van der Waals surface area (Å²) >= 11 is 0. The second kappa shape index (κ2) is 12.1. The maximum Gasteiger partial charge on any atom is 0.407 e. The number of aryl methyl sites for hydroxylation is 1. The molecule has 216 valence electrons.